The van der Waals surface area contributed by atoms with E-state index in [4.69, 9.17) is 16.3 Å². The van der Waals surface area contributed by atoms with Gasteiger partial charge in [-0.25, -0.2) is 4.79 Å². The number of esters is 1. The highest BCUT2D eigenvalue weighted by molar-refractivity contribution is 8.15. The molecule has 0 aliphatic carbocycles. The number of likely N-dealkylation sites (tertiary alicyclic amines) is 1. The van der Waals surface area contributed by atoms with Crippen LogP contribution in [0.1, 0.15) is 41.7 Å². The van der Waals surface area contributed by atoms with E-state index < -0.39 is 11.2 Å². The molecule has 168 valence electrons. The van der Waals surface area contributed by atoms with Crippen LogP contribution in [0.25, 0.3) is 0 Å². The number of aliphatic imine (C=N–C) groups is 1. The number of carbonyl (C=O) groups excluding carboxylic acids is 3. The molecule has 1 aromatic heterocycles. The zero-order valence-corrected chi connectivity index (χ0v) is 19.3. The summed E-state index contributed by atoms with van der Waals surface area (Å²) in [5, 5.41) is 6.71. The molecule has 3 heterocycles. The van der Waals surface area contributed by atoms with E-state index in [-0.39, 0.29) is 30.4 Å². The zero-order chi connectivity index (χ0) is 22.5. The first-order valence-electron chi connectivity index (χ1n) is 10.1. The van der Waals surface area contributed by atoms with Crippen LogP contribution in [0, 0.1) is 0 Å². The van der Waals surface area contributed by atoms with Crippen molar-refractivity contribution in [3.8, 4) is 0 Å². The molecule has 2 aliphatic rings. The fourth-order valence-corrected chi connectivity index (χ4v) is 5.05. The number of thioether (sulfide) groups is 1. The second-order valence-corrected chi connectivity index (χ2v) is 9.82. The molecule has 1 fully saturated rings. The molecule has 2 aromatic rings. The van der Waals surface area contributed by atoms with E-state index in [1.807, 2.05) is 0 Å². The average Bonchev–Trinajstić information content (AvgIpc) is 3.37. The van der Waals surface area contributed by atoms with E-state index in [0.29, 0.717) is 20.9 Å². The normalized spacial score (nSPS) is 18.4. The minimum Gasteiger partial charge on any atom is -0.455 e. The van der Waals surface area contributed by atoms with Crippen LogP contribution in [-0.4, -0.2) is 55.8 Å². The van der Waals surface area contributed by atoms with Gasteiger partial charge in [0.25, 0.3) is 5.91 Å². The molecule has 0 bridgehead atoms. The number of nitrogens with one attached hydrogen (secondary N) is 1. The summed E-state index contributed by atoms with van der Waals surface area (Å²) in [6.07, 6.45) is 3.38. The molecule has 2 aliphatic heterocycles. The van der Waals surface area contributed by atoms with E-state index in [1.54, 1.807) is 18.2 Å². The molecule has 12 heteroatoms. The Morgan fingerprint density at radius 2 is 2.06 bits per heavy atom. The second kappa shape index (κ2) is 10.4. The smallest absolute Gasteiger partial charge is 0.338 e. The molecular weight excluding hydrogens is 474 g/mol. The maximum Gasteiger partial charge on any atom is 0.338 e. The highest BCUT2D eigenvalue weighted by Gasteiger charge is 2.33. The van der Waals surface area contributed by atoms with Gasteiger partial charge in [-0.15, -0.1) is 5.10 Å². The Hall–Kier alpha value is -2.50. The molecule has 0 radical (unpaired) electrons. The van der Waals surface area contributed by atoms with Crippen LogP contribution in [0.5, 0.6) is 0 Å². The van der Waals surface area contributed by atoms with Gasteiger partial charge in [-0.2, -0.15) is 4.99 Å². The number of ether oxygens (including phenoxy) is 1. The number of benzene rings is 1. The lowest BCUT2D eigenvalue weighted by Gasteiger charge is -2.27. The predicted octanol–water partition coefficient (Wildman–Crippen LogP) is 3.36. The molecular formula is C20H20ClN5O4S2. The van der Waals surface area contributed by atoms with Gasteiger partial charge in [0, 0.05) is 36.7 Å². The van der Waals surface area contributed by atoms with Crippen molar-refractivity contribution in [3.05, 3.63) is 39.9 Å². The summed E-state index contributed by atoms with van der Waals surface area (Å²) in [5.41, 5.74) is 1.09. The summed E-state index contributed by atoms with van der Waals surface area (Å²) in [5.74, 6) is -1.18. The first-order chi connectivity index (χ1) is 15.5. The fraction of sp³-hybridized carbons (Fsp3) is 0.400. The largest absolute Gasteiger partial charge is 0.455 e. The first-order valence-corrected chi connectivity index (χ1v) is 12.1. The number of nitrogens with zero attached hydrogens (tertiary/aromatic N) is 4. The number of carbonyl (C=O) groups is 3. The number of amidine groups is 1. The molecule has 4 rings (SSSR count). The third-order valence-corrected chi connectivity index (χ3v) is 7.16. The second-order valence-electron chi connectivity index (χ2n) is 7.29. The van der Waals surface area contributed by atoms with E-state index >= 15 is 0 Å². The Kier molecular flexibility index (Phi) is 7.38. The van der Waals surface area contributed by atoms with Crippen LogP contribution in [0.3, 0.4) is 0 Å². The van der Waals surface area contributed by atoms with Gasteiger partial charge in [0.05, 0.1) is 5.56 Å². The summed E-state index contributed by atoms with van der Waals surface area (Å²) in [6.45, 7) is 1.70. The molecule has 1 saturated heterocycles. The van der Waals surface area contributed by atoms with E-state index in [1.165, 1.54) is 24.2 Å². The van der Waals surface area contributed by atoms with Crippen molar-refractivity contribution in [2.75, 3.05) is 18.4 Å². The van der Waals surface area contributed by atoms with Gasteiger partial charge in [-0.05, 0) is 37.5 Å². The summed E-state index contributed by atoms with van der Waals surface area (Å²) in [6, 6.07) is 6.39. The monoisotopic (exact) mass is 493 g/mol. The highest BCUT2D eigenvalue weighted by Crippen LogP contribution is 2.29. The Balaban J connectivity index is 1.29. The molecule has 1 unspecified atom stereocenters. The number of rotatable bonds is 6. The van der Waals surface area contributed by atoms with Crippen molar-refractivity contribution in [1.29, 1.82) is 0 Å². The molecule has 32 heavy (non-hydrogen) atoms. The van der Waals surface area contributed by atoms with Crippen LogP contribution in [0.15, 0.2) is 29.3 Å². The van der Waals surface area contributed by atoms with Crippen molar-refractivity contribution in [1.82, 2.24) is 14.5 Å². The molecule has 0 spiro atoms. The maximum absolute atomic E-state index is 12.5. The summed E-state index contributed by atoms with van der Waals surface area (Å²) in [4.78, 5) is 43.3. The van der Waals surface area contributed by atoms with Gasteiger partial charge >= 0.3 is 5.97 Å². The SMILES string of the molecule is O=C(CC1SC(N2CCCCC2)=NC1=O)Nc1cccc(C(=O)OCc2nnsc2Cl)c1. The van der Waals surface area contributed by atoms with Crippen LogP contribution in [0.4, 0.5) is 5.69 Å². The maximum atomic E-state index is 12.5. The first kappa shape index (κ1) is 22.7. The van der Waals surface area contributed by atoms with Crippen molar-refractivity contribution < 1.29 is 19.1 Å². The van der Waals surface area contributed by atoms with Crippen LogP contribution >= 0.6 is 34.9 Å². The van der Waals surface area contributed by atoms with Crippen molar-refractivity contribution >= 4 is 63.5 Å². The van der Waals surface area contributed by atoms with Gasteiger partial charge in [0.2, 0.25) is 5.91 Å². The lowest BCUT2D eigenvalue weighted by Crippen LogP contribution is -2.33. The van der Waals surface area contributed by atoms with Crippen molar-refractivity contribution in [2.45, 2.75) is 37.5 Å². The lowest BCUT2D eigenvalue weighted by atomic mass is 10.1. The number of hydrogen-bond acceptors (Lipinski definition) is 9. The van der Waals surface area contributed by atoms with E-state index in [9.17, 15) is 14.4 Å². The molecule has 1 aromatic carbocycles. The van der Waals surface area contributed by atoms with Gasteiger partial charge in [0.1, 0.15) is 21.9 Å². The fourth-order valence-electron chi connectivity index (χ4n) is 3.33. The number of anilines is 1. The molecule has 1 atom stereocenters. The standard InChI is InChI=1S/C20H20ClN5O4S2/c21-17-14(24-25-32-17)11-30-19(29)12-5-4-6-13(9-12)22-16(27)10-15-18(28)23-20(31-15)26-7-2-1-3-8-26/h4-6,9,15H,1-3,7-8,10-11H2,(H,22,27). The minimum absolute atomic E-state index is 0.00827. The molecule has 1 N–H and O–H groups in total. The Morgan fingerprint density at radius 1 is 1.25 bits per heavy atom. The number of amides is 2. The predicted molar refractivity (Wildman–Crippen MR) is 123 cm³/mol. The molecule has 0 saturated carbocycles. The quantitative estimate of drug-likeness (QED) is 0.609. The van der Waals surface area contributed by atoms with Gasteiger partial charge in [-0.3, -0.25) is 9.59 Å². The number of halogens is 1. The van der Waals surface area contributed by atoms with E-state index in [0.717, 1.165) is 37.5 Å². The number of hydrogen-bond donors (Lipinski definition) is 1. The van der Waals surface area contributed by atoms with Gasteiger partial charge < -0.3 is 15.0 Å². The Labute approximate surface area is 197 Å². The minimum atomic E-state index is -0.578. The summed E-state index contributed by atoms with van der Waals surface area (Å²) < 4.78 is 9.25. The van der Waals surface area contributed by atoms with Crippen molar-refractivity contribution in [3.63, 3.8) is 0 Å². The Bertz CT molecular complexity index is 1050. The van der Waals surface area contributed by atoms with Crippen LogP contribution < -0.4 is 5.32 Å². The average molecular weight is 494 g/mol. The van der Waals surface area contributed by atoms with Gasteiger partial charge in [0.15, 0.2) is 5.17 Å². The topological polar surface area (TPSA) is 114 Å². The summed E-state index contributed by atoms with van der Waals surface area (Å²) in [7, 11) is 0. The Morgan fingerprint density at radius 3 is 2.81 bits per heavy atom. The molecule has 2 amide bonds. The third kappa shape index (κ3) is 5.64. The van der Waals surface area contributed by atoms with Crippen LogP contribution in [0.2, 0.25) is 4.34 Å². The van der Waals surface area contributed by atoms with Crippen LogP contribution in [-0.2, 0) is 20.9 Å². The zero-order valence-electron chi connectivity index (χ0n) is 17.0. The summed E-state index contributed by atoms with van der Waals surface area (Å²) >= 11 is 8.26. The third-order valence-electron chi connectivity index (χ3n) is 4.96. The number of aromatic nitrogens is 2. The number of piperidine rings is 1. The van der Waals surface area contributed by atoms with E-state index in [2.05, 4.69) is 24.8 Å². The highest BCUT2D eigenvalue weighted by atomic mass is 35.5. The van der Waals surface area contributed by atoms with Gasteiger partial charge in [-0.1, -0.05) is 33.9 Å². The molecule has 9 nitrogen and oxygen atoms in total. The van der Waals surface area contributed by atoms with Crippen molar-refractivity contribution in [2.24, 2.45) is 4.99 Å². The lowest BCUT2D eigenvalue weighted by molar-refractivity contribution is -0.121.